The lowest BCUT2D eigenvalue weighted by molar-refractivity contribution is 0.0607. The number of aromatic nitrogens is 3. The largest absolute Gasteiger partial charge is 0.353 e. The van der Waals surface area contributed by atoms with E-state index in [-0.39, 0.29) is 35.3 Å². The number of piperidine rings is 1. The van der Waals surface area contributed by atoms with Gasteiger partial charge in [0.1, 0.15) is 11.6 Å². The minimum atomic E-state index is -3.60. The molecule has 6 rings (SSSR count). The van der Waals surface area contributed by atoms with Gasteiger partial charge in [-0.25, -0.2) is 13.4 Å². The number of carbonyl (C=O) groups excluding carboxylic acids is 1. The molecule has 3 fully saturated rings. The van der Waals surface area contributed by atoms with Crippen LogP contribution in [0.5, 0.6) is 0 Å². The number of fused-ring (bicyclic) bond motifs is 1. The lowest BCUT2D eigenvalue weighted by Crippen LogP contribution is -2.57. The van der Waals surface area contributed by atoms with Crippen molar-refractivity contribution in [1.82, 2.24) is 19.5 Å². The maximum absolute atomic E-state index is 13.9. The second kappa shape index (κ2) is 9.81. The van der Waals surface area contributed by atoms with Crippen molar-refractivity contribution in [1.29, 1.82) is 0 Å². The fraction of sp³-hybridized carbons (Fsp3) is 0.480. The number of anilines is 3. The van der Waals surface area contributed by atoms with E-state index in [4.69, 9.17) is 33.2 Å². The molecular weight excluding hydrogens is 542 g/mol. The Labute approximate surface area is 231 Å². The van der Waals surface area contributed by atoms with Gasteiger partial charge in [0.2, 0.25) is 10.0 Å². The van der Waals surface area contributed by atoms with Crippen molar-refractivity contribution >= 4 is 50.5 Å². The average molecular weight is 574 g/mol. The molecular formula is C25H32ClN9O3S. The molecule has 0 spiro atoms. The molecule has 3 aliphatic heterocycles. The van der Waals surface area contributed by atoms with Gasteiger partial charge >= 0.3 is 0 Å². The van der Waals surface area contributed by atoms with Crippen LogP contribution in [0.4, 0.5) is 17.3 Å². The number of amides is 1. The van der Waals surface area contributed by atoms with Crippen LogP contribution in [0.3, 0.4) is 0 Å². The minimum Gasteiger partial charge on any atom is -0.353 e. The van der Waals surface area contributed by atoms with Gasteiger partial charge in [-0.3, -0.25) is 9.52 Å². The van der Waals surface area contributed by atoms with E-state index in [1.807, 2.05) is 16.6 Å². The second-order valence-corrected chi connectivity index (χ2v) is 12.9. The van der Waals surface area contributed by atoms with E-state index in [2.05, 4.69) is 14.5 Å². The zero-order valence-corrected chi connectivity index (χ0v) is 23.2. The Morgan fingerprint density at radius 3 is 2.46 bits per heavy atom. The Bertz CT molecular complexity index is 1530. The predicted molar refractivity (Wildman–Crippen MR) is 151 cm³/mol. The molecule has 1 aromatic carbocycles. The first-order valence-electron chi connectivity index (χ1n) is 13.1. The molecule has 3 saturated heterocycles. The number of likely N-dealkylation sites (tertiary alicyclic amines) is 1. The van der Waals surface area contributed by atoms with Gasteiger partial charge in [-0.2, -0.15) is 9.61 Å². The summed E-state index contributed by atoms with van der Waals surface area (Å²) >= 11 is 6.22. The Balaban J connectivity index is 1.37. The van der Waals surface area contributed by atoms with E-state index in [1.165, 1.54) is 12.1 Å². The van der Waals surface area contributed by atoms with Crippen molar-refractivity contribution in [2.24, 2.45) is 11.5 Å². The van der Waals surface area contributed by atoms with E-state index in [1.54, 1.807) is 11.0 Å². The Morgan fingerprint density at radius 2 is 1.77 bits per heavy atom. The van der Waals surface area contributed by atoms with Gasteiger partial charge in [-0.1, -0.05) is 11.6 Å². The van der Waals surface area contributed by atoms with Crippen molar-refractivity contribution in [3.8, 4) is 0 Å². The summed E-state index contributed by atoms with van der Waals surface area (Å²) in [5.74, 6) is 1.45. The number of carbonyl (C=O) groups is 1. The molecule has 3 aromatic rings. The van der Waals surface area contributed by atoms with Crippen LogP contribution < -0.4 is 26.0 Å². The summed E-state index contributed by atoms with van der Waals surface area (Å²) in [4.78, 5) is 24.9. The van der Waals surface area contributed by atoms with E-state index in [0.29, 0.717) is 17.2 Å². The third kappa shape index (κ3) is 5.11. The number of nitrogens with zero attached hydrogens (tertiary/aromatic N) is 6. The molecule has 0 radical (unpaired) electrons. The van der Waals surface area contributed by atoms with Gasteiger partial charge < -0.3 is 26.2 Å². The standard InChI is InChI=1S/C25H32ClN9O3S/c1-39(37,38)31-19-6-5-15(26)8-18(19)25(36)34-7-3-2-4-21(34)20-9-23-29-22(32-11-16(27)12-32)10-24(35(23)30-20)33-13-17(28)14-33/h5-6,8-10,16-17,21,31H,2-4,7,11-14,27-28H2,1H3. The van der Waals surface area contributed by atoms with Gasteiger partial charge in [-0.05, 0) is 37.5 Å². The Morgan fingerprint density at radius 1 is 1.05 bits per heavy atom. The van der Waals surface area contributed by atoms with Gasteiger partial charge in [0.25, 0.3) is 5.91 Å². The number of hydrogen-bond acceptors (Lipinski definition) is 9. The van der Waals surface area contributed by atoms with Gasteiger partial charge in [0, 0.05) is 62.0 Å². The quantitative estimate of drug-likeness (QED) is 0.397. The molecule has 14 heteroatoms. The summed E-state index contributed by atoms with van der Waals surface area (Å²) < 4.78 is 28.2. The van der Waals surface area contributed by atoms with Crippen molar-refractivity contribution in [2.45, 2.75) is 37.4 Å². The maximum atomic E-state index is 13.9. The van der Waals surface area contributed by atoms with Crippen molar-refractivity contribution in [3.05, 3.63) is 46.6 Å². The first-order valence-corrected chi connectivity index (χ1v) is 15.3. The van der Waals surface area contributed by atoms with Crippen LogP contribution in [0.25, 0.3) is 5.65 Å². The third-order valence-corrected chi connectivity index (χ3v) is 8.32. The summed E-state index contributed by atoms with van der Waals surface area (Å²) in [6, 6.07) is 8.49. The number of nitrogens with one attached hydrogen (secondary N) is 1. The number of sulfonamides is 1. The molecule has 0 saturated carbocycles. The zero-order chi connectivity index (χ0) is 27.5. The van der Waals surface area contributed by atoms with Gasteiger partial charge in [-0.15, -0.1) is 0 Å². The van der Waals surface area contributed by atoms with E-state index in [9.17, 15) is 13.2 Å². The molecule has 1 unspecified atom stereocenters. The first kappa shape index (κ1) is 26.1. The average Bonchev–Trinajstić information content (AvgIpc) is 3.28. The molecule has 0 bridgehead atoms. The highest BCUT2D eigenvalue weighted by Gasteiger charge is 2.34. The highest BCUT2D eigenvalue weighted by atomic mass is 35.5. The summed E-state index contributed by atoms with van der Waals surface area (Å²) in [5.41, 5.74) is 13.9. The molecule has 5 heterocycles. The lowest BCUT2D eigenvalue weighted by Gasteiger charge is -2.41. The fourth-order valence-corrected chi connectivity index (χ4v) is 6.28. The first-order chi connectivity index (χ1) is 18.6. The van der Waals surface area contributed by atoms with E-state index >= 15 is 0 Å². The molecule has 2 aromatic heterocycles. The Kier molecular flexibility index (Phi) is 6.57. The summed E-state index contributed by atoms with van der Waals surface area (Å²) in [6.07, 6.45) is 3.54. The number of halogens is 1. The summed E-state index contributed by atoms with van der Waals surface area (Å²) in [5, 5.41) is 5.29. The number of benzene rings is 1. The molecule has 3 aliphatic rings. The predicted octanol–water partition coefficient (Wildman–Crippen LogP) is 1.42. The van der Waals surface area contributed by atoms with Crippen LogP contribution in [0.15, 0.2) is 30.3 Å². The zero-order valence-electron chi connectivity index (χ0n) is 21.6. The highest BCUT2D eigenvalue weighted by Crippen LogP contribution is 2.35. The molecule has 208 valence electrons. The van der Waals surface area contributed by atoms with Gasteiger partial charge in [0.15, 0.2) is 5.65 Å². The van der Waals surface area contributed by atoms with Crippen molar-refractivity contribution in [3.63, 3.8) is 0 Å². The van der Waals surface area contributed by atoms with Crippen LogP contribution in [0.1, 0.15) is 41.4 Å². The monoisotopic (exact) mass is 573 g/mol. The number of rotatable bonds is 6. The number of nitrogens with two attached hydrogens (primary N) is 2. The summed E-state index contributed by atoms with van der Waals surface area (Å²) in [6.45, 7) is 3.47. The molecule has 1 amide bonds. The molecule has 1 atom stereocenters. The smallest absolute Gasteiger partial charge is 0.256 e. The minimum absolute atomic E-state index is 0.114. The second-order valence-electron chi connectivity index (χ2n) is 10.7. The van der Waals surface area contributed by atoms with Crippen LogP contribution in [-0.4, -0.2) is 84.9 Å². The van der Waals surface area contributed by atoms with E-state index in [0.717, 1.165) is 69.0 Å². The molecule has 5 N–H and O–H groups in total. The lowest BCUT2D eigenvalue weighted by atomic mass is 9.98. The van der Waals surface area contributed by atoms with Crippen LogP contribution in [0, 0.1) is 0 Å². The third-order valence-electron chi connectivity index (χ3n) is 7.49. The normalized spacial score (nSPS) is 20.7. The maximum Gasteiger partial charge on any atom is 0.256 e. The topological polar surface area (TPSA) is 155 Å². The van der Waals surface area contributed by atoms with Crippen LogP contribution >= 0.6 is 11.6 Å². The SMILES string of the molecule is CS(=O)(=O)Nc1ccc(Cl)cc1C(=O)N1CCCCC1c1cc2nc(N3CC(N)C3)cc(N3CC(N)C3)n2n1. The van der Waals surface area contributed by atoms with Gasteiger partial charge in [0.05, 0.1) is 29.2 Å². The van der Waals surface area contributed by atoms with E-state index < -0.39 is 10.0 Å². The fourth-order valence-electron chi connectivity index (χ4n) is 5.53. The molecule has 39 heavy (non-hydrogen) atoms. The highest BCUT2D eigenvalue weighted by molar-refractivity contribution is 7.92. The molecule has 12 nitrogen and oxygen atoms in total. The molecule has 0 aliphatic carbocycles. The Hall–Kier alpha value is -3.13. The van der Waals surface area contributed by atoms with Crippen LogP contribution in [0.2, 0.25) is 5.02 Å². The number of hydrogen-bond donors (Lipinski definition) is 3. The van der Waals surface area contributed by atoms with Crippen molar-refractivity contribution in [2.75, 3.05) is 53.5 Å². The van der Waals surface area contributed by atoms with Crippen LogP contribution in [-0.2, 0) is 10.0 Å². The van der Waals surface area contributed by atoms with Crippen molar-refractivity contribution < 1.29 is 13.2 Å². The summed E-state index contributed by atoms with van der Waals surface area (Å²) in [7, 11) is -3.60.